The van der Waals surface area contributed by atoms with Crippen LogP contribution in [0.2, 0.25) is 0 Å². The molecule has 2 unspecified atom stereocenters. The number of amides is 2. The first-order valence-corrected chi connectivity index (χ1v) is 13.8. The average Bonchev–Trinajstić information content (AvgIpc) is 3.44. The molecule has 224 valence electrons. The third-order valence-electron chi connectivity index (χ3n) is 8.11. The Hall–Kier alpha value is -3.15. The highest BCUT2D eigenvalue weighted by molar-refractivity contribution is 5.90. The highest BCUT2D eigenvalue weighted by Crippen LogP contribution is 2.40. The van der Waals surface area contributed by atoms with E-state index in [1.165, 1.54) is 18.5 Å². The number of carbonyl (C=O) groups excluding carboxylic acids is 2. The third-order valence-corrected chi connectivity index (χ3v) is 8.11. The molecule has 6 nitrogen and oxygen atoms in total. The number of carbonyl (C=O) groups is 2. The van der Waals surface area contributed by atoms with Crippen LogP contribution in [0.3, 0.4) is 0 Å². The summed E-state index contributed by atoms with van der Waals surface area (Å²) < 4.78 is 80.7. The number of nitrogens with zero attached hydrogens (tertiary/aromatic N) is 2. The van der Waals surface area contributed by atoms with Crippen LogP contribution in [0.1, 0.15) is 74.6 Å². The number of likely N-dealkylation sites (N-methyl/N-ethyl adjacent to an activating group) is 1. The van der Waals surface area contributed by atoms with E-state index in [4.69, 9.17) is 0 Å². The van der Waals surface area contributed by atoms with E-state index in [-0.39, 0.29) is 34.9 Å². The molecule has 0 bridgehead atoms. The Morgan fingerprint density at radius 1 is 0.878 bits per heavy atom. The van der Waals surface area contributed by atoms with Crippen LogP contribution in [0, 0.1) is 5.92 Å². The highest BCUT2D eigenvalue weighted by atomic mass is 19.4. The number of pyridine rings is 1. The minimum Gasteiger partial charge on any atom is -0.343 e. The molecule has 1 aliphatic carbocycles. The van der Waals surface area contributed by atoms with E-state index >= 15 is 0 Å². The van der Waals surface area contributed by atoms with Crippen molar-refractivity contribution in [3.05, 3.63) is 53.3 Å². The van der Waals surface area contributed by atoms with Gasteiger partial charge in [0.25, 0.3) is 0 Å². The van der Waals surface area contributed by atoms with Crippen molar-refractivity contribution in [2.75, 3.05) is 13.6 Å². The molecular weight excluding hydrogens is 550 g/mol. The first-order valence-electron chi connectivity index (χ1n) is 13.8. The van der Waals surface area contributed by atoms with Crippen LogP contribution < -0.4 is 10.6 Å². The van der Waals surface area contributed by atoms with E-state index in [9.17, 15) is 35.9 Å². The maximum Gasteiger partial charge on any atom is 0.416 e. The zero-order chi connectivity index (χ0) is 29.9. The Morgan fingerprint density at radius 3 is 2.10 bits per heavy atom. The van der Waals surface area contributed by atoms with Crippen LogP contribution in [0.5, 0.6) is 0 Å². The fourth-order valence-electron chi connectivity index (χ4n) is 5.73. The van der Waals surface area contributed by atoms with Gasteiger partial charge in [0.1, 0.15) is 6.04 Å². The molecule has 1 aromatic heterocycles. The molecule has 41 heavy (non-hydrogen) atoms. The molecule has 0 spiro atoms. The Balaban J connectivity index is 1.66. The Labute approximate surface area is 234 Å². The molecular formula is C29H34F6N4O2. The van der Waals surface area contributed by atoms with Crippen LogP contribution in [0.15, 0.2) is 36.7 Å². The fourth-order valence-corrected chi connectivity index (χ4v) is 5.73. The van der Waals surface area contributed by atoms with Crippen LogP contribution in [0.4, 0.5) is 26.3 Å². The van der Waals surface area contributed by atoms with Crippen molar-refractivity contribution in [2.24, 2.45) is 5.92 Å². The van der Waals surface area contributed by atoms with Gasteiger partial charge in [-0.25, -0.2) is 0 Å². The van der Waals surface area contributed by atoms with Crippen molar-refractivity contribution in [1.82, 2.24) is 20.5 Å². The molecule has 1 saturated heterocycles. The number of likely N-dealkylation sites (tertiary alicyclic amines) is 1. The summed E-state index contributed by atoms with van der Waals surface area (Å²) in [4.78, 5) is 32.5. The maximum atomic E-state index is 14.0. The summed E-state index contributed by atoms with van der Waals surface area (Å²) in [6, 6.07) is 1.22. The standard InChI is InChI=1S/C29H34F6N4O2/c1-17(36-2)26(40)38-25(18-7-4-3-5-8-18)27(41)39-10-6-9-24(39)21-11-20(15-37-16-21)19-12-22(28(30,31)32)14-23(13-19)29(33,34)35/h11-18,24-25,36H,3-10H2,1-2H3,(H,38,40)/t17?,24?,25-/m0/s1. The van der Waals surface area contributed by atoms with Crippen LogP contribution in [-0.2, 0) is 21.9 Å². The molecule has 2 fully saturated rings. The second-order valence-electron chi connectivity index (χ2n) is 10.9. The molecule has 2 N–H and O–H groups in total. The lowest BCUT2D eigenvalue weighted by Gasteiger charge is -2.35. The largest absolute Gasteiger partial charge is 0.416 e. The Morgan fingerprint density at radius 2 is 1.51 bits per heavy atom. The predicted octanol–water partition coefficient (Wildman–Crippen LogP) is 6.12. The van der Waals surface area contributed by atoms with Crippen molar-refractivity contribution in [3.8, 4) is 11.1 Å². The van der Waals surface area contributed by atoms with E-state index in [1.54, 1.807) is 18.9 Å². The summed E-state index contributed by atoms with van der Waals surface area (Å²) in [7, 11) is 1.65. The number of aromatic nitrogens is 1. The number of halogens is 6. The average molecular weight is 585 g/mol. The number of rotatable bonds is 7. The van der Waals surface area contributed by atoms with Gasteiger partial charge in [-0.3, -0.25) is 14.6 Å². The van der Waals surface area contributed by atoms with Crippen molar-refractivity contribution in [1.29, 1.82) is 0 Å². The molecule has 0 radical (unpaired) electrons. The number of hydrogen-bond acceptors (Lipinski definition) is 4. The quantitative estimate of drug-likeness (QED) is 0.385. The Kier molecular flexibility index (Phi) is 9.30. The number of benzene rings is 1. The van der Waals surface area contributed by atoms with Crippen molar-refractivity contribution in [3.63, 3.8) is 0 Å². The monoisotopic (exact) mass is 584 g/mol. The second-order valence-corrected chi connectivity index (χ2v) is 10.9. The first-order chi connectivity index (χ1) is 19.3. The number of alkyl halides is 6. The summed E-state index contributed by atoms with van der Waals surface area (Å²) in [6.45, 7) is 2.11. The second kappa shape index (κ2) is 12.4. The zero-order valence-electron chi connectivity index (χ0n) is 22.9. The van der Waals surface area contributed by atoms with Crippen LogP contribution in [0.25, 0.3) is 11.1 Å². The lowest BCUT2D eigenvalue weighted by molar-refractivity contribution is -0.143. The minimum atomic E-state index is -4.97. The van der Waals surface area contributed by atoms with Gasteiger partial charge in [-0.1, -0.05) is 19.3 Å². The topological polar surface area (TPSA) is 74.3 Å². The van der Waals surface area contributed by atoms with Gasteiger partial charge in [-0.2, -0.15) is 26.3 Å². The summed E-state index contributed by atoms with van der Waals surface area (Å²) in [5.41, 5.74) is -2.50. The van der Waals surface area contributed by atoms with Gasteiger partial charge in [0, 0.05) is 24.5 Å². The van der Waals surface area contributed by atoms with Gasteiger partial charge in [-0.15, -0.1) is 0 Å². The van der Waals surface area contributed by atoms with Crippen LogP contribution in [-0.4, -0.2) is 47.4 Å². The molecule has 1 saturated carbocycles. The molecule has 4 rings (SSSR count). The van der Waals surface area contributed by atoms with Crippen molar-refractivity contribution < 1.29 is 35.9 Å². The molecule has 3 atom stereocenters. The first kappa shape index (κ1) is 30.8. The van der Waals surface area contributed by atoms with Gasteiger partial charge < -0.3 is 15.5 Å². The lowest BCUT2D eigenvalue weighted by atomic mass is 9.83. The fraction of sp³-hybridized carbons (Fsp3) is 0.552. The van der Waals surface area contributed by atoms with Gasteiger partial charge in [-0.05, 0) is 81.0 Å². The number of nitrogens with one attached hydrogen (secondary N) is 2. The van der Waals surface area contributed by atoms with E-state index in [0.717, 1.165) is 32.1 Å². The maximum absolute atomic E-state index is 14.0. The third kappa shape index (κ3) is 7.20. The van der Waals surface area contributed by atoms with E-state index in [1.807, 2.05) is 0 Å². The van der Waals surface area contributed by atoms with Gasteiger partial charge >= 0.3 is 12.4 Å². The van der Waals surface area contributed by atoms with Gasteiger partial charge in [0.15, 0.2) is 0 Å². The predicted molar refractivity (Wildman–Crippen MR) is 140 cm³/mol. The smallest absolute Gasteiger partial charge is 0.343 e. The molecule has 2 aromatic rings. The summed E-state index contributed by atoms with van der Waals surface area (Å²) in [6.07, 6.45) is -1.47. The molecule has 12 heteroatoms. The molecule has 2 aliphatic rings. The van der Waals surface area contributed by atoms with Gasteiger partial charge in [0.2, 0.25) is 11.8 Å². The molecule has 2 amide bonds. The van der Waals surface area contributed by atoms with E-state index in [2.05, 4.69) is 15.6 Å². The van der Waals surface area contributed by atoms with E-state index in [0.29, 0.717) is 37.1 Å². The Bertz CT molecular complexity index is 1210. The minimum absolute atomic E-state index is 0.0270. The zero-order valence-corrected chi connectivity index (χ0v) is 22.9. The highest BCUT2D eigenvalue weighted by Gasteiger charge is 2.40. The SMILES string of the molecule is CNC(C)C(=O)N[C@H](C(=O)N1CCCC1c1cncc(-c2cc(C(F)(F)F)cc(C(F)(F)F)c2)c1)C1CCCCC1. The number of hydrogen-bond donors (Lipinski definition) is 2. The van der Waals surface area contributed by atoms with Crippen LogP contribution >= 0.6 is 0 Å². The normalized spacial score (nSPS) is 20.1. The lowest BCUT2D eigenvalue weighted by Crippen LogP contribution is -2.55. The van der Waals surface area contributed by atoms with Crippen molar-refractivity contribution >= 4 is 11.8 Å². The van der Waals surface area contributed by atoms with Gasteiger partial charge in [0.05, 0.1) is 23.2 Å². The summed E-state index contributed by atoms with van der Waals surface area (Å²) >= 11 is 0. The van der Waals surface area contributed by atoms with Crippen molar-refractivity contribution in [2.45, 2.75) is 82.3 Å². The molecule has 1 aromatic carbocycles. The summed E-state index contributed by atoms with van der Waals surface area (Å²) in [5.74, 6) is -0.554. The molecule has 1 aliphatic heterocycles. The summed E-state index contributed by atoms with van der Waals surface area (Å²) in [5, 5.41) is 5.82. The van der Waals surface area contributed by atoms with E-state index < -0.39 is 41.6 Å². The molecule has 2 heterocycles.